The van der Waals surface area contributed by atoms with Crippen molar-refractivity contribution in [2.24, 2.45) is 0 Å². The van der Waals surface area contributed by atoms with Gasteiger partial charge in [-0.3, -0.25) is 9.00 Å². The molecule has 0 saturated carbocycles. The van der Waals surface area contributed by atoms with E-state index < -0.39 is 10.8 Å². The maximum Gasteiger partial charge on any atom is 0.232 e. The molecular formula is C13H18FNO2S. The van der Waals surface area contributed by atoms with Crippen molar-refractivity contribution in [2.75, 3.05) is 12.3 Å². The number of amides is 1. The number of nitrogens with one attached hydrogen (secondary N) is 1. The molecule has 0 aliphatic rings. The number of carbonyl (C=O) groups excluding carboxylic acids is 1. The molecule has 18 heavy (non-hydrogen) atoms. The van der Waals surface area contributed by atoms with E-state index in [1.165, 1.54) is 12.1 Å². The third-order valence-corrected chi connectivity index (χ3v) is 3.62. The average molecular weight is 271 g/mol. The molecule has 0 aliphatic carbocycles. The number of halogens is 1. The topological polar surface area (TPSA) is 46.2 Å². The van der Waals surface area contributed by atoms with Crippen molar-refractivity contribution < 1.29 is 13.4 Å². The number of unbranched alkanes of at least 4 members (excludes halogenated alkanes) is 1. The third-order valence-electron chi connectivity index (χ3n) is 2.39. The largest absolute Gasteiger partial charge is 0.355 e. The summed E-state index contributed by atoms with van der Waals surface area (Å²) in [6.45, 7) is 2.67. The third kappa shape index (κ3) is 5.91. The highest BCUT2D eigenvalue weighted by Gasteiger charge is 2.08. The zero-order valence-corrected chi connectivity index (χ0v) is 11.3. The van der Waals surface area contributed by atoms with E-state index in [0.717, 1.165) is 18.4 Å². The van der Waals surface area contributed by atoms with Crippen LogP contribution in [0.5, 0.6) is 0 Å². The summed E-state index contributed by atoms with van der Waals surface area (Å²) in [6.07, 6.45) is 1.94. The Bertz CT molecular complexity index is 406. The van der Waals surface area contributed by atoms with Gasteiger partial charge in [-0.1, -0.05) is 25.5 Å². The van der Waals surface area contributed by atoms with Crippen LogP contribution in [-0.4, -0.2) is 22.4 Å². The molecule has 1 N–H and O–H groups in total. The molecule has 3 nitrogen and oxygen atoms in total. The number of hydrogen-bond donors (Lipinski definition) is 1. The molecule has 0 unspecified atom stereocenters. The first-order valence-electron chi connectivity index (χ1n) is 5.98. The summed E-state index contributed by atoms with van der Waals surface area (Å²) in [5.74, 6) is -0.228. The minimum absolute atomic E-state index is 0.00108. The molecule has 1 rings (SSSR count). The molecule has 1 atom stereocenters. The van der Waals surface area contributed by atoms with Crippen LogP contribution in [0, 0.1) is 5.82 Å². The fraction of sp³-hybridized carbons (Fsp3) is 0.462. The molecule has 0 fully saturated rings. The molecule has 0 heterocycles. The Morgan fingerprint density at radius 1 is 1.33 bits per heavy atom. The molecule has 1 aromatic rings. The Morgan fingerprint density at radius 2 is 2.00 bits per heavy atom. The molecule has 5 heteroatoms. The van der Waals surface area contributed by atoms with E-state index in [2.05, 4.69) is 5.32 Å². The van der Waals surface area contributed by atoms with Crippen molar-refractivity contribution in [1.29, 1.82) is 0 Å². The minimum atomic E-state index is -1.25. The lowest BCUT2D eigenvalue weighted by atomic mass is 10.2. The summed E-state index contributed by atoms with van der Waals surface area (Å²) in [6, 6.07) is 5.83. The zero-order valence-electron chi connectivity index (χ0n) is 10.4. The Hall–Kier alpha value is -1.23. The molecule has 1 amide bonds. The number of benzene rings is 1. The SMILES string of the molecule is CCCCNC(=O)C[S@@](=O)Cc1ccc(F)cc1. The molecule has 0 bridgehead atoms. The number of carbonyl (C=O) groups is 1. The van der Waals surface area contributed by atoms with Crippen LogP contribution >= 0.6 is 0 Å². The second-order valence-corrected chi connectivity index (χ2v) is 5.52. The highest BCUT2D eigenvalue weighted by atomic mass is 32.2. The van der Waals surface area contributed by atoms with Crippen molar-refractivity contribution in [1.82, 2.24) is 5.32 Å². The Labute approximate surface area is 109 Å². The van der Waals surface area contributed by atoms with Crippen LogP contribution in [-0.2, 0) is 21.3 Å². The molecule has 0 aliphatic heterocycles. The minimum Gasteiger partial charge on any atom is -0.355 e. The van der Waals surface area contributed by atoms with E-state index >= 15 is 0 Å². The molecule has 0 spiro atoms. The van der Waals surface area contributed by atoms with Crippen molar-refractivity contribution in [3.8, 4) is 0 Å². The fourth-order valence-electron chi connectivity index (χ4n) is 1.42. The first kappa shape index (κ1) is 14.8. The van der Waals surface area contributed by atoms with Gasteiger partial charge >= 0.3 is 0 Å². The highest BCUT2D eigenvalue weighted by molar-refractivity contribution is 7.84. The van der Waals surface area contributed by atoms with Gasteiger partial charge in [-0.2, -0.15) is 0 Å². The molecule has 0 radical (unpaired) electrons. The van der Waals surface area contributed by atoms with E-state index in [-0.39, 0.29) is 23.2 Å². The fourth-order valence-corrected chi connectivity index (χ4v) is 2.48. The van der Waals surface area contributed by atoms with Crippen molar-refractivity contribution >= 4 is 16.7 Å². The predicted molar refractivity (Wildman–Crippen MR) is 71.0 cm³/mol. The number of hydrogen-bond acceptors (Lipinski definition) is 2. The van der Waals surface area contributed by atoms with Gasteiger partial charge in [0.15, 0.2) is 0 Å². The zero-order chi connectivity index (χ0) is 13.4. The van der Waals surface area contributed by atoms with Gasteiger partial charge in [0.1, 0.15) is 11.6 Å². The van der Waals surface area contributed by atoms with Gasteiger partial charge in [0.2, 0.25) is 5.91 Å². The van der Waals surface area contributed by atoms with Crippen molar-refractivity contribution in [3.63, 3.8) is 0 Å². The van der Waals surface area contributed by atoms with E-state index in [4.69, 9.17) is 0 Å². The van der Waals surface area contributed by atoms with Crippen LogP contribution in [0.2, 0.25) is 0 Å². The maximum absolute atomic E-state index is 12.7. The summed E-state index contributed by atoms with van der Waals surface area (Å²) in [7, 11) is -1.25. The lowest BCUT2D eigenvalue weighted by molar-refractivity contribution is -0.118. The molecule has 0 aromatic heterocycles. The van der Waals surface area contributed by atoms with Gasteiger partial charge in [0.05, 0.1) is 0 Å². The van der Waals surface area contributed by atoms with Gasteiger partial charge in [0.25, 0.3) is 0 Å². The van der Waals surface area contributed by atoms with Crippen LogP contribution in [0.3, 0.4) is 0 Å². The first-order chi connectivity index (χ1) is 8.61. The van der Waals surface area contributed by atoms with Gasteiger partial charge in [0, 0.05) is 23.1 Å². The lowest BCUT2D eigenvalue weighted by Gasteiger charge is -2.04. The summed E-state index contributed by atoms with van der Waals surface area (Å²) in [4.78, 5) is 11.4. The van der Waals surface area contributed by atoms with Crippen LogP contribution in [0.1, 0.15) is 25.3 Å². The van der Waals surface area contributed by atoms with E-state index in [1.54, 1.807) is 12.1 Å². The predicted octanol–water partition coefficient (Wildman–Crippen LogP) is 1.99. The molecular weight excluding hydrogens is 253 g/mol. The van der Waals surface area contributed by atoms with E-state index in [0.29, 0.717) is 6.54 Å². The number of rotatable bonds is 7. The normalized spacial score (nSPS) is 12.1. The monoisotopic (exact) mass is 271 g/mol. The van der Waals surface area contributed by atoms with Crippen LogP contribution < -0.4 is 5.32 Å². The molecule has 0 saturated heterocycles. The second-order valence-electron chi connectivity index (χ2n) is 4.06. The standard InChI is InChI=1S/C13H18FNO2S/c1-2-3-8-15-13(16)10-18(17)9-11-4-6-12(14)7-5-11/h4-7H,2-3,8-10H2,1H3,(H,15,16)/t18-/m0/s1. The smallest absolute Gasteiger partial charge is 0.232 e. The van der Waals surface area contributed by atoms with Gasteiger partial charge in [-0.15, -0.1) is 0 Å². The van der Waals surface area contributed by atoms with Crippen LogP contribution in [0.15, 0.2) is 24.3 Å². The summed E-state index contributed by atoms with van der Waals surface area (Å²) in [5, 5.41) is 2.72. The average Bonchev–Trinajstić information content (AvgIpc) is 2.32. The van der Waals surface area contributed by atoms with Crippen molar-refractivity contribution in [3.05, 3.63) is 35.6 Å². The molecule has 1 aromatic carbocycles. The van der Waals surface area contributed by atoms with Crippen LogP contribution in [0.25, 0.3) is 0 Å². The summed E-state index contributed by atoms with van der Waals surface area (Å²) >= 11 is 0. The van der Waals surface area contributed by atoms with E-state index in [1.807, 2.05) is 6.92 Å². The maximum atomic E-state index is 12.7. The first-order valence-corrected chi connectivity index (χ1v) is 7.46. The highest BCUT2D eigenvalue weighted by Crippen LogP contribution is 2.05. The second kappa shape index (κ2) is 7.97. The van der Waals surface area contributed by atoms with Gasteiger partial charge in [-0.05, 0) is 24.1 Å². The quantitative estimate of drug-likeness (QED) is 0.771. The summed E-state index contributed by atoms with van der Waals surface area (Å²) in [5.41, 5.74) is 0.774. The Morgan fingerprint density at radius 3 is 2.61 bits per heavy atom. The Kier molecular flexibility index (Phi) is 6.57. The van der Waals surface area contributed by atoms with Gasteiger partial charge < -0.3 is 5.32 Å². The summed E-state index contributed by atoms with van der Waals surface area (Å²) < 4.78 is 24.4. The van der Waals surface area contributed by atoms with Crippen LogP contribution in [0.4, 0.5) is 4.39 Å². The van der Waals surface area contributed by atoms with Crippen molar-refractivity contribution in [2.45, 2.75) is 25.5 Å². The van der Waals surface area contributed by atoms with E-state index in [9.17, 15) is 13.4 Å². The lowest BCUT2D eigenvalue weighted by Crippen LogP contribution is -2.29. The molecule has 100 valence electrons. The van der Waals surface area contributed by atoms with Gasteiger partial charge in [-0.25, -0.2) is 4.39 Å². The Balaban J connectivity index is 2.32.